The number of halogens is 1. The molecule has 0 amide bonds. The Hall–Kier alpha value is -2.18. The van der Waals surface area contributed by atoms with E-state index >= 15 is 0 Å². The molecule has 1 aromatic heterocycles. The van der Waals surface area contributed by atoms with Crippen molar-refractivity contribution in [1.82, 2.24) is 5.16 Å². The zero-order valence-corrected chi connectivity index (χ0v) is 23.3. The van der Waals surface area contributed by atoms with Gasteiger partial charge in [-0.1, -0.05) is 42.7 Å². The van der Waals surface area contributed by atoms with Gasteiger partial charge in [-0.3, -0.25) is 9.59 Å². The SMILES string of the molecule is COCC(C)(C)CC1CC(c2onc([C@@H](CCC(=O)O)CC(=O)Cc3ccc(C)cc3Cl)c2C2CC2)C1. The van der Waals surface area contributed by atoms with Gasteiger partial charge in [0.15, 0.2) is 0 Å². The predicted molar refractivity (Wildman–Crippen MR) is 143 cm³/mol. The number of nitrogens with zero attached hydrogens (tertiary/aromatic N) is 1. The Balaban J connectivity index is 1.49. The number of aromatic nitrogens is 1. The summed E-state index contributed by atoms with van der Waals surface area (Å²) in [5, 5.41) is 14.5. The molecular weight excluding hydrogens is 490 g/mol. The van der Waals surface area contributed by atoms with Gasteiger partial charge >= 0.3 is 5.97 Å². The van der Waals surface area contributed by atoms with Gasteiger partial charge in [0.05, 0.1) is 12.3 Å². The zero-order valence-electron chi connectivity index (χ0n) is 22.5. The van der Waals surface area contributed by atoms with Crippen LogP contribution in [0.4, 0.5) is 0 Å². The Labute approximate surface area is 225 Å². The van der Waals surface area contributed by atoms with Gasteiger partial charge in [-0.05, 0) is 79.9 Å². The van der Waals surface area contributed by atoms with E-state index in [1.807, 2.05) is 25.1 Å². The molecule has 7 heteroatoms. The summed E-state index contributed by atoms with van der Waals surface area (Å²) in [5.41, 5.74) is 3.97. The molecule has 0 aliphatic heterocycles. The standard InChI is InChI=1S/C30H40ClNO5/c1-18-5-6-21(25(31)11-18)14-24(33)15-22(9-10-26(34)35)28-27(20-7-8-20)29(37-32-28)23-12-19(13-23)16-30(2,3)17-36-4/h5-6,11,19-20,22-23H,7-10,12-17H2,1-4H3,(H,34,35)/t19?,22-,23?/m0/s1. The molecule has 1 aromatic carbocycles. The second-order valence-corrected chi connectivity index (χ2v) is 12.5. The van der Waals surface area contributed by atoms with Crippen LogP contribution in [-0.4, -0.2) is 35.7 Å². The molecule has 6 nitrogen and oxygen atoms in total. The lowest BCUT2D eigenvalue weighted by Crippen LogP contribution is -2.30. The lowest BCUT2D eigenvalue weighted by Gasteiger charge is -2.39. The molecule has 2 aliphatic rings. The number of rotatable bonds is 14. The molecule has 1 heterocycles. The Kier molecular flexibility index (Phi) is 8.80. The summed E-state index contributed by atoms with van der Waals surface area (Å²) in [6.07, 6.45) is 6.29. The first-order chi connectivity index (χ1) is 17.6. The van der Waals surface area contributed by atoms with Crippen LogP contribution in [0.15, 0.2) is 22.7 Å². The van der Waals surface area contributed by atoms with Gasteiger partial charge in [0.2, 0.25) is 0 Å². The number of carbonyl (C=O) groups is 2. The highest BCUT2D eigenvalue weighted by atomic mass is 35.5. The van der Waals surface area contributed by atoms with Crippen molar-refractivity contribution in [2.24, 2.45) is 11.3 Å². The predicted octanol–water partition coefficient (Wildman–Crippen LogP) is 7.22. The monoisotopic (exact) mass is 529 g/mol. The van der Waals surface area contributed by atoms with Crippen molar-refractivity contribution >= 4 is 23.4 Å². The third-order valence-corrected chi connectivity index (χ3v) is 8.27. The van der Waals surface area contributed by atoms with Crippen LogP contribution < -0.4 is 0 Å². The summed E-state index contributed by atoms with van der Waals surface area (Å²) in [6, 6.07) is 5.71. The molecule has 2 saturated carbocycles. The van der Waals surface area contributed by atoms with Crippen molar-refractivity contribution in [2.75, 3.05) is 13.7 Å². The number of aryl methyl sites for hydroxylation is 1. The summed E-state index contributed by atoms with van der Waals surface area (Å²) in [4.78, 5) is 24.6. The second kappa shape index (κ2) is 11.7. The summed E-state index contributed by atoms with van der Waals surface area (Å²) in [7, 11) is 1.75. The van der Waals surface area contributed by atoms with Crippen molar-refractivity contribution in [3.63, 3.8) is 0 Å². The van der Waals surface area contributed by atoms with Gasteiger partial charge in [-0.15, -0.1) is 0 Å². The molecule has 202 valence electrons. The van der Waals surface area contributed by atoms with Crippen LogP contribution in [0.1, 0.15) is 111 Å². The van der Waals surface area contributed by atoms with Crippen LogP contribution in [0.5, 0.6) is 0 Å². The Morgan fingerprint density at radius 1 is 1.24 bits per heavy atom. The quantitative estimate of drug-likeness (QED) is 0.278. The molecule has 4 rings (SSSR count). The lowest BCUT2D eigenvalue weighted by atomic mass is 9.66. The number of hydrogen-bond acceptors (Lipinski definition) is 5. The Morgan fingerprint density at radius 2 is 1.97 bits per heavy atom. The topological polar surface area (TPSA) is 89.6 Å². The Bertz CT molecular complexity index is 1110. The third-order valence-electron chi connectivity index (χ3n) is 7.92. The highest BCUT2D eigenvalue weighted by Crippen LogP contribution is 2.53. The molecule has 2 fully saturated rings. The van der Waals surface area contributed by atoms with Gasteiger partial charge in [-0.25, -0.2) is 0 Å². The summed E-state index contributed by atoms with van der Waals surface area (Å²) in [5.74, 6) is 1.29. The van der Waals surface area contributed by atoms with Gasteiger partial charge in [0.1, 0.15) is 11.5 Å². The third kappa shape index (κ3) is 7.23. The minimum atomic E-state index is -0.865. The highest BCUT2D eigenvalue weighted by molar-refractivity contribution is 6.31. The summed E-state index contributed by atoms with van der Waals surface area (Å²) < 4.78 is 11.4. The number of carboxylic acids is 1. The number of ether oxygens (including phenoxy) is 1. The number of aliphatic carboxylic acids is 1. The van der Waals surface area contributed by atoms with E-state index in [1.54, 1.807) is 7.11 Å². The minimum Gasteiger partial charge on any atom is -0.481 e. The fourth-order valence-corrected chi connectivity index (χ4v) is 6.33. The summed E-state index contributed by atoms with van der Waals surface area (Å²) in [6.45, 7) is 7.21. The van der Waals surface area contributed by atoms with Crippen LogP contribution in [0.3, 0.4) is 0 Å². The number of hydrogen-bond donors (Lipinski definition) is 1. The smallest absolute Gasteiger partial charge is 0.303 e. The molecule has 2 aliphatic carbocycles. The van der Waals surface area contributed by atoms with Crippen LogP contribution in [0.25, 0.3) is 0 Å². The van der Waals surface area contributed by atoms with E-state index < -0.39 is 5.97 Å². The van der Waals surface area contributed by atoms with Crippen LogP contribution >= 0.6 is 11.6 Å². The molecule has 0 bridgehead atoms. The first-order valence-corrected chi connectivity index (χ1v) is 13.9. The summed E-state index contributed by atoms with van der Waals surface area (Å²) >= 11 is 6.37. The van der Waals surface area contributed by atoms with Crippen molar-refractivity contribution in [2.45, 2.75) is 96.3 Å². The average molecular weight is 530 g/mol. The molecule has 1 N–H and O–H groups in total. The number of ketones is 1. The van der Waals surface area contributed by atoms with Crippen LogP contribution in [-0.2, 0) is 20.7 Å². The highest BCUT2D eigenvalue weighted by Gasteiger charge is 2.42. The maximum absolute atomic E-state index is 13.1. The molecule has 37 heavy (non-hydrogen) atoms. The van der Waals surface area contributed by atoms with Crippen molar-refractivity contribution in [3.8, 4) is 0 Å². The molecule has 1 atom stereocenters. The number of methoxy groups -OCH3 is 1. The van der Waals surface area contributed by atoms with Crippen LogP contribution in [0, 0.1) is 18.3 Å². The average Bonchev–Trinajstić information content (AvgIpc) is 3.54. The number of carboxylic acid groups (broad SMARTS) is 1. The molecule has 0 saturated heterocycles. The van der Waals surface area contributed by atoms with Gasteiger partial charge in [-0.2, -0.15) is 0 Å². The zero-order chi connectivity index (χ0) is 26.7. The van der Waals surface area contributed by atoms with E-state index in [0.717, 1.165) is 66.9 Å². The first kappa shape index (κ1) is 27.8. The molecule has 0 unspecified atom stereocenters. The molecule has 2 aromatic rings. The Morgan fingerprint density at radius 3 is 2.59 bits per heavy atom. The molecule has 0 radical (unpaired) electrons. The van der Waals surface area contributed by atoms with Crippen molar-refractivity contribution < 1.29 is 24.0 Å². The fourth-order valence-electron chi connectivity index (χ4n) is 6.03. The molecule has 0 spiro atoms. The van der Waals surface area contributed by atoms with Gasteiger partial charge < -0.3 is 14.4 Å². The van der Waals surface area contributed by atoms with E-state index in [0.29, 0.717) is 29.2 Å². The number of carbonyl (C=O) groups excluding carboxylic acids is 1. The van der Waals surface area contributed by atoms with E-state index in [2.05, 4.69) is 19.0 Å². The van der Waals surface area contributed by atoms with E-state index in [4.69, 9.17) is 20.9 Å². The van der Waals surface area contributed by atoms with Gasteiger partial charge in [0, 0.05) is 48.8 Å². The molecular formula is C30H40ClNO5. The van der Waals surface area contributed by atoms with Gasteiger partial charge in [0.25, 0.3) is 0 Å². The van der Waals surface area contributed by atoms with E-state index in [9.17, 15) is 14.7 Å². The normalized spacial score (nSPS) is 20.5. The van der Waals surface area contributed by atoms with E-state index in [1.165, 1.54) is 0 Å². The maximum Gasteiger partial charge on any atom is 0.303 e. The van der Waals surface area contributed by atoms with Crippen LogP contribution in [0.2, 0.25) is 5.02 Å². The lowest BCUT2D eigenvalue weighted by molar-refractivity contribution is -0.137. The fraction of sp³-hybridized carbons (Fsp3) is 0.633. The van der Waals surface area contributed by atoms with Crippen molar-refractivity contribution in [1.29, 1.82) is 0 Å². The first-order valence-electron chi connectivity index (χ1n) is 13.5. The number of Topliss-reactive ketones (excluding diaryl/α,β-unsaturated/α-hetero) is 1. The number of benzene rings is 1. The minimum absolute atomic E-state index is 0.00435. The largest absolute Gasteiger partial charge is 0.481 e. The van der Waals surface area contributed by atoms with Crippen molar-refractivity contribution in [3.05, 3.63) is 51.4 Å². The maximum atomic E-state index is 13.1. The van der Waals surface area contributed by atoms with E-state index in [-0.39, 0.29) is 36.4 Å². The second-order valence-electron chi connectivity index (χ2n) is 12.1.